The first kappa shape index (κ1) is 24.7. The first-order valence-corrected chi connectivity index (χ1v) is 12.0. The number of fused-ring (bicyclic) bond motifs is 1. The number of thiophene rings is 1. The minimum absolute atomic E-state index is 0.0469. The summed E-state index contributed by atoms with van der Waals surface area (Å²) in [7, 11) is 0. The largest absolute Gasteiger partial charge is 0.490 e. The van der Waals surface area contributed by atoms with E-state index in [4.69, 9.17) is 32.7 Å². The fourth-order valence-corrected chi connectivity index (χ4v) is 4.65. The zero-order chi connectivity index (χ0) is 24.9. The van der Waals surface area contributed by atoms with E-state index in [9.17, 15) is 14.4 Å². The summed E-state index contributed by atoms with van der Waals surface area (Å²) < 4.78 is 12.0. The molecule has 0 saturated heterocycles. The summed E-state index contributed by atoms with van der Waals surface area (Å²) in [5.74, 6) is -0.377. The van der Waals surface area contributed by atoms with Crippen molar-refractivity contribution in [1.82, 2.24) is 9.55 Å². The topological polar surface area (TPSA) is 99.5 Å². The zero-order valence-electron chi connectivity index (χ0n) is 18.4. The average Bonchev–Trinajstić information content (AvgIpc) is 3.18. The molecule has 0 aliphatic rings. The van der Waals surface area contributed by atoms with Crippen LogP contribution in [-0.2, 0) is 16.1 Å². The highest BCUT2D eigenvalue weighted by molar-refractivity contribution is 7.20. The van der Waals surface area contributed by atoms with Crippen molar-refractivity contribution >= 4 is 62.3 Å². The molecule has 0 saturated carbocycles. The van der Waals surface area contributed by atoms with Gasteiger partial charge in [-0.25, -0.2) is 9.78 Å². The van der Waals surface area contributed by atoms with Gasteiger partial charge < -0.3 is 14.8 Å². The lowest BCUT2D eigenvalue weighted by atomic mass is 10.2. The number of carbonyl (C=O) groups is 2. The molecule has 180 valence electrons. The second kappa shape index (κ2) is 10.9. The molecule has 0 aliphatic heterocycles. The van der Waals surface area contributed by atoms with Crippen LogP contribution in [0.4, 0.5) is 5.69 Å². The van der Waals surface area contributed by atoms with E-state index in [1.165, 1.54) is 17.0 Å². The van der Waals surface area contributed by atoms with Crippen LogP contribution in [0.1, 0.15) is 15.2 Å². The molecule has 11 heteroatoms. The quantitative estimate of drug-likeness (QED) is 0.255. The van der Waals surface area contributed by atoms with E-state index in [0.717, 1.165) is 11.3 Å². The van der Waals surface area contributed by atoms with Gasteiger partial charge in [-0.15, -0.1) is 11.3 Å². The molecule has 0 bridgehead atoms. The Hall–Kier alpha value is -3.40. The van der Waals surface area contributed by atoms with Gasteiger partial charge in [0.1, 0.15) is 35.2 Å². The molecule has 8 nitrogen and oxygen atoms in total. The summed E-state index contributed by atoms with van der Waals surface area (Å²) in [6, 6.07) is 13.8. The minimum atomic E-state index is -0.568. The number of nitrogens with zero attached hydrogens (tertiary/aromatic N) is 2. The number of rotatable bonds is 8. The fraction of sp³-hybridized carbons (Fsp3) is 0.167. The van der Waals surface area contributed by atoms with Gasteiger partial charge in [0.2, 0.25) is 5.91 Å². The maximum atomic E-state index is 13.0. The average molecular weight is 532 g/mol. The second-order valence-electron chi connectivity index (χ2n) is 7.38. The lowest BCUT2D eigenvalue weighted by Gasteiger charge is -2.09. The van der Waals surface area contributed by atoms with Gasteiger partial charge in [0.25, 0.3) is 5.56 Å². The van der Waals surface area contributed by atoms with Crippen molar-refractivity contribution in [2.24, 2.45) is 0 Å². The van der Waals surface area contributed by atoms with E-state index < -0.39 is 17.4 Å². The van der Waals surface area contributed by atoms with Crippen LogP contribution in [0.15, 0.2) is 59.7 Å². The Morgan fingerprint density at radius 2 is 1.89 bits per heavy atom. The Labute approximate surface area is 214 Å². The maximum absolute atomic E-state index is 13.0. The Morgan fingerprint density at radius 3 is 2.66 bits per heavy atom. The van der Waals surface area contributed by atoms with Crippen LogP contribution in [0.2, 0.25) is 10.0 Å². The number of ether oxygens (including phenoxy) is 2. The molecule has 0 fully saturated rings. The molecular formula is C24H19Cl2N3O5S. The zero-order valence-corrected chi connectivity index (χ0v) is 20.7. The van der Waals surface area contributed by atoms with Crippen LogP contribution in [0.3, 0.4) is 0 Å². The standard InChI is InChI=1S/C24H19Cl2N3O5S/c1-14-20-22(35-21(14)24(32)34-10-9-33-16-5-3-2-4-6-16)27-13-29(23(20)31)12-19(30)28-18-11-15(25)7-8-17(18)26/h2-8,11,13H,9-10,12H2,1H3,(H,28,30). The summed E-state index contributed by atoms with van der Waals surface area (Å²) in [6.07, 6.45) is 1.27. The van der Waals surface area contributed by atoms with Gasteiger partial charge in [-0.05, 0) is 42.8 Å². The molecule has 2 aromatic heterocycles. The number of aryl methyl sites for hydroxylation is 1. The third-order valence-electron chi connectivity index (χ3n) is 4.95. The monoisotopic (exact) mass is 531 g/mol. The molecule has 4 aromatic rings. The number of hydrogen-bond acceptors (Lipinski definition) is 7. The molecular weight excluding hydrogens is 513 g/mol. The Morgan fingerprint density at radius 1 is 1.11 bits per heavy atom. The molecule has 1 N–H and O–H groups in total. The van der Waals surface area contributed by atoms with Crippen molar-refractivity contribution < 1.29 is 19.1 Å². The lowest BCUT2D eigenvalue weighted by molar-refractivity contribution is -0.116. The van der Waals surface area contributed by atoms with E-state index in [2.05, 4.69) is 10.3 Å². The van der Waals surface area contributed by atoms with Crippen molar-refractivity contribution in [3.8, 4) is 5.75 Å². The normalized spacial score (nSPS) is 10.8. The fourth-order valence-electron chi connectivity index (χ4n) is 3.28. The first-order valence-electron chi connectivity index (χ1n) is 10.4. The third kappa shape index (κ3) is 5.82. The molecule has 4 rings (SSSR count). The Bertz CT molecular complexity index is 1450. The van der Waals surface area contributed by atoms with Gasteiger partial charge in [0.15, 0.2) is 0 Å². The summed E-state index contributed by atoms with van der Waals surface area (Å²) in [5, 5.41) is 3.61. The van der Waals surface area contributed by atoms with Crippen molar-refractivity contribution in [2.75, 3.05) is 18.5 Å². The predicted octanol–water partition coefficient (Wildman–Crippen LogP) is 4.95. The van der Waals surface area contributed by atoms with Crippen molar-refractivity contribution in [1.29, 1.82) is 0 Å². The summed E-state index contributed by atoms with van der Waals surface area (Å²) >= 11 is 13.1. The summed E-state index contributed by atoms with van der Waals surface area (Å²) in [6.45, 7) is 1.59. The number of anilines is 1. The summed E-state index contributed by atoms with van der Waals surface area (Å²) in [4.78, 5) is 43.0. The van der Waals surface area contributed by atoms with E-state index >= 15 is 0 Å². The van der Waals surface area contributed by atoms with Gasteiger partial charge in [-0.2, -0.15) is 0 Å². The minimum Gasteiger partial charge on any atom is -0.490 e. The lowest BCUT2D eigenvalue weighted by Crippen LogP contribution is -2.28. The first-order chi connectivity index (χ1) is 16.8. The van der Waals surface area contributed by atoms with E-state index in [0.29, 0.717) is 31.9 Å². The molecule has 0 aliphatic carbocycles. The van der Waals surface area contributed by atoms with Crippen molar-refractivity contribution in [3.63, 3.8) is 0 Å². The molecule has 0 unspecified atom stereocenters. The van der Waals surface area contributed by atoms with Gasteiger partial charge in [-0.1, -0.05) is 41.4 Å². The van der Waals surface area contributed by atoms with E-state index in [1.807, 2.05) is 18.2 Å². The maximum Gasteiger partial charge on any atom is 0.348 e. The van der Waals surface area contributed by atoms with Gasteiger partial charge in [0, 0.05) is 5.02 Å². The Kier molecular flexibility index (Phi) is 7.70. The number of halogens is 2. The molecule has 2 aromatic carbocycles. The van der Waals surface area contributed by atoms with Crippen molar-refractivity contribution in [3.05, 3.63) is 85.7 Å². The van der Waals surface area contributed by atoms with Gasteiger partial charge >= 0.3 is 5.97 Å². The molecule has 1 amide bonds. The number of benzene rings is 2. The number of carbonyl (C=O) groups excluding carboxylic acids is 2. The van der Waals surface area contributed by atoms with E-state index in [1.54, 1.807) is 31.2 Å². The number of hydrogen-bond donors (Lipinski definition) is 1. The van der Waals surface area contributed by atoms with Crippen molar-refractivity contribution in [2.45, 2.75) is 13.5 Å². The van der Waals surface area contributed by atoms with Crippen LogP contribution in [0.25, 0.3) is 10.2 Å². The van der Waals surface area contributed by atoms with Crippen LogP contribution >= 0.6 is 34.5 Å². The predicted molar refractivity (Wildman–Crippen MR) is 136 cm³/mol. The third-order valence-corrected chi connectivity index (χ3v) is 6.69. The number of para-hydroxylation sites is 1. The highest BCUT2D eigenvalue weighted by atomic mass is 35.5. The second-order valence-corrected chi connectivity index (χ2v) is 9.23. The smallest absolute Gasteiger partial charge is 0.348 e. The SMILES string of the molecule is Cc1c(C(=O)OCCOc2ccccc2)sc2ncn(CC(=O)Nc3cc(Cl)ccc3Cl)c(=O)c12. The molecule has 0 spiro atoms. The van der Waals surface area contributed by atoms with Crippen LogP contribution in [0, 0.1) is 6.92 Å². The molecule has 35 heavy (non-hydrogen) atoms. The number of aromatic nitrogens is 2. The van der Waals surface area contributed by atoms with Crippen LogP contribution in [-0.4, -0.2) is 34.6 Å². The molecule has 0 atom stereocenters. The number of nitrogens with one attached hydrogen (secondary N) is 1. The van der Waals surface area contributed by atoms with Crippen LogP contribution in [0.5, 0.6) is 5.75 Å². The number of esters is 1. The molecule has 2 heterocycles. The molecule has 0 radical (unpaired) electrons. The number of amides is 1. The summed E-state index contributed by atoms with van der Waals surface area (Å²) in [5.41, 5.74) is 0.339. The van der Waals surface area contributed by atoms with E-state index in [-0.39, 0.29) is 30.0 Å². The van der Waals surface area contributed by atoms with Crippen LogP contribution < -0.4 is 15.6 Å². The highest BCUT2D eigenvalue weighted by Crippen LogP contribution is 2.28. The van der Waals surface area contributed by atoms with Gasteiger partial charge in [0.05, 0.1) is 22.4 Å². The highest BCUT2D eigenvalue weighted by Gasteiger charge is 2.21. The Balaban J connectivity index is 1.44. The van der Waals surface area contributed by atoms with Gasteiger partial charge in [-0.3, -0.25) is 14.2 Å².